The van der Waals surface area contributed by atoms with Crippen LogP contribution in [0.4, 0.5) is 5.95 Å². The molecule has 1 saturated carbocycles. The molecule has 0 unspecified atom stereocenters. The Balaban J connectivity index is 1.83. The van der Waals surface area contributed by atoms with Crippen molar-refractivity contribution in [2.75, 3.05) is 20.0 Å². The number of pyridine rings is 2. The molecule has 0 bridgehead atoms. The van der Waals surface area contributed by atoms with Crippen molar-refractivity contribution in [1.82, 2.24) is 19.5 Å². The van der Waals surface area contributed by atoms with Crippen molar-refractivity contribution in [1.29, 1.82) is 0 Å². The van der Waals surface area contributed by atoms with E-state index in [1.54, 1.807) is 26.5 Å². The number of halogens is 1. The summed E-state index contributed by atoms with van der Waals surface area (Å²) in [5.74, 6) is 1.65. The van der Waals surface area contributed by atoms with Crippen molar-refractivity contribution in [2.45, 2.75) is 38.6 Å². The highest BCUT2D eigenvalue weighted by atomic mass is 35.5. The smallest absolute Gasteiger partial charge is 0.223 e. The summed E-state index contributed by atoms with van der Waals surface area (Å²) in [5, 5.41) is 0.367. The molecule has 30 heavy (non-hydrogen) atoms. The summed E-state index contributed by atoms with van der Waals surface area (Å²) >= 11 is 6.32. The summed E-state index contributed by atoms with van der Waals surface area (Å²) in [4.78, 5) is 25.9. The van der Waals surface area contributed by atoms with Crippen LogP contribution in [0.15, 0.2) is 23.3 Å². The molecule has 1 aliphatic rings. The number of methoxy groups -OCH3 is 2. The highest BCUT2D eigenvalue weighted by Crippen LogP contribution is 2.29. The van der Waals surface area contributed by atoms with Crippen molar-refractivity contribution in [3.63, 3.8) is 0 Å². The van der Waals surface area contributed by atoms with E-state index in [2.05, 4.69) is 15.0 Å². The number of hydrogen-bond donors (Lipinski definition) is 1. The van der Waals surface area contributed by atoms with E-state index in [1.807, 2.05) is 10.8 Å². The van der Waals surface area contributed by atoms with Gasteiger partial charge >= 0.3 is 0 Å². The molecule has 3 aromatic rings. The summed E-state index contributed by atoms with van der Waals surface area (Å²) in [6.07, 6.45) is 8.87. The van der Waals surface area contributed by atoms with Crippen LogP contribution in [0.3, 0.4) is 0 Å². The standard InChI is InChI=1S/C21H24ClN5O3/c1-29-15-8-14(24-9-16(15)30-2)11-27-10-13(7-12-5-3-4-6-12)18(28)17-19(22)25-21(23)26-20(17)27/h8-10,12H,3-7,11H2,1-2H3,(H2,23,25,26). The van der Waals surface area contributed by atoms with Crippen LogP contribution in [-0.4, -0.2) is 33.7 Å². The Bertz CT molecular complexity index is 1140. The minimum absolute atomic E-state index is 0.0180. The van der Waals surface area contributed by atoms with E-state index in [1.165, 1.54) is 12.8 Å². The molecule has 0 atom stereocenters. The highest BCUT2D eigenvalue weighted by molar-refractivity contribution is 6.34. The molecular formula is C21H24ClN5O3. The molecule has 0 saturated heterocycles. The highest BCUT2D eigenvalue weighted by Gasteiger charge is 2.21. The lowest BCUT2D eigenvalue weighted by atomic mass is 9.98. The van der Waals surface area contributed by atoms with Crippen LogP contribution in [0.5, 0.6) is 11.5 Å². The lowest BCUT2D eigenvalue weighted by Gasteiger charge is -2.16. The summed E-state index contributed by atoms with van der Waals surface area (Å²) in [5.41, 5.74) is 7.52. The Kier molecular flexibility index (Phi) is 5.76. The van der Waals surface area contributed by atoms with Crippen LogP contribution >= 0.6 is 11.6 Å². The van der Waals surface area contributed by atoms with E-state index in [4.69, 9.17) is 26.8 Å². The van der Waals surface area contributed by atoms with Crippen LogP contribution < -0.4 is 20.6 Å². The first kappa shape index (κ1) is 20.4. The second-order valence-electron chi connectivity index (χ2n) is 7.57. The fourth-order valence-electron chi connectivity index (χ4n) is 4.14. The van der Waals surface area contributed by atoms with Crippen LogP contribution in [0.1, 0.15) is 36.9 Å². The quantitative estimate of drug-likeness (QED) is 0.599. The summed E-state index contributed by atoms with van der Waals surface area (Å²) in [7, 11) is 3.13. The van der Waals surface area contributed by atoms with Gasteiger partial charge in [0.1, 0.15) is 10.5 Å². The van der Waals surface area contributed by atoms with E-state index < -0.39 is 0 Å². The third-order valence-electron chi connectivity index (χ3n) is 5.61. The van der Waals surface area contributed by atoms with Gasteiger partial charge in [0.25, 0.3) is 0 Å². The number of nitrogen functional groups attached to an aromatic ring is 1. The fraction of sp³-hybridized carbons (Fsp3) is 0.429. The molecular weight excluding hydrogens is 406 g/mol. The van der Waals surface area contributed by atoms with Gasteiger partial charge in [-0.1, -0.05) is 37.3 Å². The minimum atomic E-state index is -0.126. The van der Waals surface area contributed by atoms with Crippen LogP contribution in [0, 0.1) is 5.92 Å². The van der Waals surface area contributed by atoms with Crippen molar-refractivity contribution < 1.29 is 9.47 Å². The van der Waals surface area contributed by atoms with E-state index in [-0.39, 0.29) is 16.5 Å². The monoisotopic (exact) mass is 429 g/mol. The fourth-order valence-corrected chi connectivity index (χ4v) is 4.40. The van der Waals surface area contributed by atoms with Gasteiger partial charge < -0.3 is 19.8 Å². The second kappa shape index (κ2) is 8.47. The van der Waals surface area contributed by atoms with Gasteiger partial charge in [-0.25, -0.2) is 4.98 Å². The first-order valence-corrected chi connectivity index (χ1v) is 10.3. The van der Waals surface area contributed by atoms with Gasteiger partial charge in [0.05, 0.1) is 32.7 Å². The first-order valence-electron chi connectivity index (χ1n) is 9.92. The molecule has 9 heteroatoms. The summed E-state index contributed by atoms with van der Waals surface area (Å²) < 4.78 is 12.5. The van der Waals surface area contributed by atoms with Crippen LogP contribution in [-0.2, 0) is 13.0 Å². The maximum Gasteiger partial charge on any atom is 0.223 e. The summed E-state index contributed by atoms with van der Waals surface area (Å²) in [6, 6.07) is 1.80. The minimum Gasteiger partial charge on any atom is -0.493 e. The molecule has 4 rings (SSSR count). The SMILES string of the molecule is COc1cnc(Cn2cc(CC3CCCC3)c(=O)c3c(Cl)nc(N)nc32)cc1OC. The molecule has 3 aromatic heterocycles. The molecule has 0 aromatic carbocycles. The van der Waals surface area contributed by atoms with Crippen molar-refractivity contribution in [3.8, 4) is 11.5 Å². The van der Waals surface area contributed by atoms with Gasteiger partial charge in [-0.05, 0) is 12.3 Å². The zero-order valence-corrected chi connectivity index (χ0v) is 17.8. The van der Waals surface area contributed by atoms with Gasteiger partial charge in [-0.3, -0.25) is 9.78 Å². The largest absolute Gasteiger partial charge is 0.493 e. The number of rotatable bonds is 6. The maximum absolute atomic E-state index is 13.2. The van der Waals surface area contributed by atoms with E-state index in [0.717, 1.165) is 25.0 Å². The van der Waals surface area contributed by atoms with Gasteiger partial charge in [-0.15, -0.1) is 0 Å². The predicted octanol–water partition coefficient (Wildman–Crippen LogP) is 3.22. The average Bonchev–Trinajstić information content (AvgIpc) is 3.24. The number of fused-ring (bicyclic) bond motifs is 1. The molecule has 1 fully saturated rings. The number of hydrogen-bond acceptors (Lipinski definition) is 7. The lowest BCUT2D eigenvalue weighted by molar-refractivity contribution is 0.352. The van der Waals surface area contributed by atoms with Gasteiger partial charge in [-0.2, -0.15) is 4.98 Å². The number of nitrogens with zero attached hydrogens (tertiary/aromatic N) is 4. The van der Waals surface area contributed by atoms with Gasteiger partial charge in [0.2, 0.25) is 5.95 Å². The van der Waals surface area contributed by atoms with E-state index >= 15 is 0 Å². The Morgan fingerprint density at radius 2 is 1.93 bits per heavy atom. The Labute approximate surface area is 179 Å². The van der Waals surface area contributed by atoms with Crippen LogP contribution in [0.2, 0.25) is 5.15 Å². The molecule has 0 aliphatic heterocycles. The maximum atomic E-state index is 13.2. The molecule has 1 aliphatic carbocycles. The zero-order valence-electron chi connectivity index (χ0n) is 17.0. The topological polar surface area (TPSA) is 105 Å². The Hall–Kier alpha value is -2.87. The molecule has 158 valence electrons. The molecule has 0 amide bonds. The predicted molar refractivity (Wildman–Crippen MR) is 115 cm³/mol. The third kappa shape index (κ3) is 3.92. The summed E-state index contributed by atoms with van der Waals surface area (Å²) in [6.45, 7) is 0.363. The Morgan fingerprint density at radius 1 is 1.20 bits per heavy atom. The number of ether oxygens (including phenoxy) is 2. The molecule has 0 radical (unpaired) electrons. The first-order chi connectivity index (χ1) is 14.5. The number of anilines is 1. The van der Waals surface area contributed by atoms with E-state index in [9.17, 15) is 4.79 Å². The van der Waals surface area contributed by atoms with Crippen LogP contribution in [0.25, 0.3) is 11.0 Å². The molecule has 0 spiro atoms. The third-order valence-corrected chi connectivity index (χ3v) is 5.88. The lowest BCUT2D eigenvalue weighted by Crippen LogP contribution is -2.20. The van der Waals surface area contributed by atoms with Crippen molar-refractivity contribution in [2.24, 2.45) is 5.92 Å². The van der Waals surface area contributed by atoms with Crippen molar-refractivity contribution >= 4 is 28.6 Å². The van der Waals surface area contributed by atoms with E-state index in [0.29, 0.717) is 40.6 Å². The molecule has 3 heterocycles. The van der Waals surface area contributed by atoms with Crippen molar-refractivity contribution in [3.05, 3.63) is 45.1 Å². The normalized spacial score (nSPS) is 14.4. The second-order valence-corrected chi connectivity index (χ2v) is 7.93. The van der Waals surface area contributed by atoms with Gasteiger partial charge in [0, 0.05) is 17.8 Å². The molecule has 8 nitrogen and oxygen atoms in total. The van der Waals surface area contributed by atoms with Gasteiger partial charge in [0.15, 0.2) is 22.6 Å². The number of nitrogens with two attached hydrogens (primary N) is 1. The average molecular weight is 430 g/mol. The number of aromatic nitrogens is 4. The Morgan fingerprint density at radius 3 is 2.63 bits per heavy atom. The molecule has 2 N–H and O–H groups in total. The zero-order chi connectivity index (χ0) is 21.3.